The van der Waals surface area contributed by atoms with Gasteiger partial charge in [0.05, 0.1) is 16.0 Å². The maximum Gasteiger partial charge on any atom is 0.232 e. The number of thiazole rings is 1. The zero-order valence-corrected chi connectivity index (χ0v) is 16.4. The van der Waals surface area contributed by atoms with E-state index in [1.54, 1.807) is 35.2 Å². The normalized spacial score (nSPS) is 11.7. The largest absolute Gasteiger partial charge is 0.284 e. The van der Waals surface area contributed by atoms with E-state index in [0.717, 1.165) is 27.6 Å². The fraction of sp³-hybridized carbons (Fsp3) is 0.278. The van der Waals surface area contributed by atoms with E-state index in [4.69, 9.17) is 0 Å². The number of rotatable bonds is 8. The smallest absolute Gasteiger partial charge is 0.232 e. The monoisotopic (exact) mass is 392 g/mol. The van der Waals surface area contributed by atoms with E-state index in [0.29, 0.717) is 12.1 Å². The van der Waals surface area contributed by atoms with Gasteiger partial charge < -0.3 is 0 Å². The van der Waals surface area contributed by atoms with Crippen LogP contribution in [0.25, 0.3) is 10.2 Å². The first-order valence-corrected chi connectivity index (χ1v) is 11.5. The minimum Gasteiger partial charge on any atom is -0.284 e. The topological polar surface area (TPSA) is 59.1 Å². The number of benzene rings is 2. The number of hydrogen-bond donors (Lipinski definition) is 1. The molecule has 3 aromatic rings. The standard InChI is InChI=1S/C18H20N2O2S3/c1-14-8-10-15(11-9-14)20-25(21,22)13-5-4-12-23-18-19-16-6-2-3-7-17(16)24-18/h2-3,6-11,20H,4-5,12-13H2,1H3. The maximum atomic E-state index is 12.1. The number of para-hydroxylation sites is 1. The van der Waals surface area contributed by atoms with E-state index in [1.165, 1.54) is 4.70 Å². The Hall–Kier alpha value is -1.57. The summed E-state index contributed by atoms with van der Waals surface area (Å²) in [5, 5.41) is 0. The molecule has 0 radical (unpaired) electrons. The fourth-order valence-electron chi connectivity index (χ4n) is 2.32. The number of nitrogens with one attached hydrogen (secondary N) is 1. The van der Waals surface area contributed by atoms with Gasteiger partial charge in [0.15, 0.2) is 4.34 Å². The van der Waals surface area contributed by atoms with Crippen molar-refractivity contribution in [2.75, 3.05) is 16.2 Å². The molecule has 4 nitrogen and oxygen atoms in total. The Balaban J connectivity index is 1.42. The molecule has 0 amide bonds. The van der Waals surface area contributed by atoms with E-state index in [2.05, 4.69) is 15.8 Å². The Kier molecular flexibility index (Phi) is 5.98. The Labute approximate surface area is 156 Å². The van der Waals surface area contributed by atoms with Crippen molar-refractivity contribution in [3.8, 4) is 0 Å². The summed E-state index contributed by atoms with van der Waals surface area (Å²) >= 11 is 3.38. The Morgan fingerprint density at radius 1 is 1.08 bits per heavy atom. The molecule has 0 aliphatic rings. The molecule has 0 aliphatic heterocycles. The Bertz CT molecular complexity index is 901. The minimum atomic E-state index is -3.29. The van der Waals surface area contributed by atoms with Crippen LogP contribution in [0.1, 0.15) is 18.4 Å². The van der Waals surface area contributed by atoms with Gasteiger partial charge >= 0.3 is 0 Å². The molecule has 0 atom stereocenters. The number of fused-ring (bicyclic) bond motifs is 1. The number of aryl methyl sites for hydroxylation is 1. The summed E-state index contributed by atoms with van der Waals surface area (Å²) in [6.45, 7) is 1.97. The molecule has 0 bridgehead atoms. The summed E-state index contributed by atoms with van der Waals surface area (Å²) < 4.78 is 29.1. The highest BCUT2D eigenvalue weighted by Crippen LogP contribution is 2.29. The lowest BCUT2D eigenvalue weighted by atomic mass is 10.2. The van der Waals surface area contributed by atoms with Crippen LogP contribution in [0.2, 0.25) is 0 Å². The number of hydrogen-bond acceptors (Lipinski definition) is 5. The molecule has 0 fully saturated rings. The van der Waals surface area contributed by atoms with Crippen LogP contribution in [0.5, 0.6) is 0 Å². The average molecular weight is 393 g/mol. The molecule has 132 valence electrons. The van der Waals surface area contributed by atoms with Crippen molar-refractivity contribution >= 4 is 49.0 Å². The fourth-order valence-corrected chi connectivity index (χ4v) is 5.64. The molecule has 25 heavy (non-hydrogen) atoms. The molecule has 3 rings (SSSR count). The van der Waals surface area contributed by atoms with Crippen LogP contribution in [0.3, 0.4) is 0 Å². The number of nitrogens with zero attached hydrogens (tertiary/aromatic N) is 1. The first-order valence-electron chi connectivity index (χ1n) is 8.07. The van der Waals surface area contributed by atoms with Gasteiger partial charge in [-0.25, -0.2) is 13.4 Å². The van der Waals surface area contributed by atoms with E-state index in [-0.39, 0.29) is 5.75 Å². The number of thioether (sulfide) groups is 1. The molecular weight excluding hydrogens is 372 g/mol. The minimum absolute atomic E-state index is 0.140. The third kappa shape index (κ3) is 5.45. The highest BCUT2D eigenvalue weighted by atomic mass is 32.2. The van der Waals surface area contributed by atoms with Crippen LogP contribution in [0.15, 0.2) is 52.9 Å². The van der Waals surface area contributed by atoms with Gasteiger partial charge in [-0.3, -0.25) is 4.72 Å². The van der Waals surface area contributed by atoms with Gasteiger partial charge in [0.1, 0.15) is 0 Å². The molecule has 0 spiro atoms. The molecule has 1 aromatic heterocycles. The van der Waals surface area contributed by atoms with Crippen molar-refractivity contribution in [3.63, 3.8) is 0 Å². The van der Waals surface area contributed by atoms with Crippen molar-refractivity contribution in [2.24, 2.45) is 0 Å². The first-order chi connectivity index (χ1) is 12.0. The number of anilines is 1. The lowest BCUT2D eigenvalue weighted by Crippen LogP contribution is -2.16. The summed E-state index contributed by atoms with van der Waals surface area (Å²) in [5.41, 5.74) is 2.75. The first kappa shape index (κ1) is 18.2. The molecule has 0 unspecified atom stereocenters. The van der Waals surface area contributed by atoms with E-state index in [1.807, 2.05) is 37.3 Å². The van der Waals surface area contributed by atoms with Gasteiger partial charge in [0, 0.05) is 11.4 Å². The Morgan fingerprint density at radius 3 is 2.60 bits per heavy atom. The molecule has 7 heteroatoms. The predicted octanol–water partition coefficient (Wildman–Crippen LogP) is 4.92. The average Bonchev–Trinajstić information content (AvgIpc) is 2.99. The van der Waals surface area contributed by atoms with Crippen molar-refractivity contribution < 1.29 is 8.42 Å². The van der Waals surface area contributed by atoms with Gasteiger partial charge in [0.25, 0.3) is 0 Å². The van der Waals surface area contributed by atoms with Crippen LogP contribution >= 0.6 is 23.1 Å². The van der Waals surface area contributed by atoms with Crippen LogP contribution in [0, 0.1) is 6.92 Å². The molecule has 0 aliphatic carbocycles. The van der Waals surface area contributed by atoms with Crippen molar-refractivity contribution in [3.05, 3.63) is 54.1 Å². The second-order valence-electron chi connectivity index (χ2n) is 5.79. The van der Waals surface area contributed by atoms with Crippen LogP contribution in [-0.2, 0) is 10.0 Å². The van der Waals surface area contributed by atoms with E-state index < -0.39 is 10.0 Å². The molecule has 0 saturated carbocycles. The predicted molar refractivity (Wildman–Crippen MR) is 108 cm³/mol. The molecule has 1 N–H and O–H groups in total. The van der Waals surface area contributed by atoms with Gasteiger partial charge in [0.2, 0.25) is 10.0 Å². The van der Waals surface area contributed by atoms with Gasteiger partial charge in [-0.15, -0.1) is 11.3 Å². The summed E-state index contributed by atoms with van der Waals surface area (Å²) in [5.74, 6) is 1.02. The lowest BCUT2D eigenvalue weighted by Gasteiger charge is -2.08. The number of sulfonamides is 1. The summed E-state index contributed by atoms with van der Waals surface area (Å²) in [4.78, 5) is 4.57. The second-order valence-corrected chi connectivity index (χ2v) is 10.0. The summed E-state index contributed by atoms with van der Waals surface area (Å²) in [6.07, 6.45) is 1.48. The third-order valence-electron chi connectivity index (χ3n) is 3.63. The van der Waals surface area contributed by atoms with E-state index >= 15 is 0 Å². The lowest BCUT2D eigenvalue weighted by molar-refractivity contribution is 0.598. The maximum absolute atomic E-state index is 12.1. The SMILES string of the molecule is Cc1ccc(NS(=O)(=O)CCCCSc2nc3ccccc3s2)cc1. The molecule has 1 heterocycles. The number of aromatic nitrogens is 1. The van der Waals surface area contributed by atoms with E-state index in [9.17, 15) is 8.42 Å². The van der Waals surface area contributed by atoms with Gasteiger partial charge in [-0.1, -0.05) is 41.6 Å². The Morgan fingerprint density at radius 2 is 1.84 bits per heavy atom. The second kappa shape index (κ2) is 8.21. The van der Waals surface area contributed by atoms with Gasteiger partial charge in [-0.05, 0) is 44.0 Å². The van der Waals surface area contributed by atoms with Crippen LogP contribution < -0.4 is 4.72 Å². The zero-order chi connectivity index (χ0) is 17.7. The highest BCUT2D eigenvalue weighted by Gasteiger charge is 2.10. The van der Waals surface area contributed by atoms with Crippen molar-refractivity contribution in [1.29, 1.82) is 0 Å². The van der Waals surface area contributed by atoms with Crippen LogP contribution in [0.4, 0.5) is 5.69 Å². The molecule has 2 aromatic carbocycles. The van der Waals surface area contributed by atoms with Crippen molar-refractivity contribution in [2.45, 2.75) is 24.1 Å². The van der Waals surface area contributed by atoms with Crippen LogP contribution in [-0.4, -0.2) is 24.9 Å². The molecule has 0 saturated heterocycles. The summed E-state index contributed by atoms with van der Waals surface area (Å²) in [6, 6.07) is 15.5. The third-order valence-corrected chi connectivity index (χ3v) is 7.27. The van der Waals surface area contributed by atoms with Crippen molar-refractivity contribution in [1.82, 2.24) is 4.98 Å². The molecular formula is C18H20N2O2S3. The quantitative estimate of drug-likeness (QED) is 0.437. The zero-order valence-electron chi connectivity index (χ0n) is 13.9. The number of unbranched alkanes of at least 4 members (excludes halogenated alkanes) is 1. The highest BCUT2D eigenvalue weighted by molar-refractivity contribution is 8.01. The van der Waals surface area contributed by atoms with Gasteiger partial charge in [-0.2, -0.15) is 0 Å². The summed E-state index contributed by atoms with van der Waals surface area (Å²) in [7, 11) is -3.29.